The average Bonchev–Trinajstić information content (AvgIpc) is 3.16. The normalized spacial score (nSPS) is 16.0. The van der Waals surface area contributed by atoms with E-state index in [0.29, 0.717) is 13.1 Å². The van der Waals surface area contributed by atoms with E-state index in [1.165, 1.54) is 11.3 Å². The van der Waals surface area contributed by atoms with Crippen LogP contribution in [0.5, 0.6) is 0 Å². The number of fused-ring (bicyclic) bond motifs is 1. The molecule has 130 valence electrons. The molecular weight excluding hydrogens is 342 g/mol. The third-order valence-electron chi connectivity index (χ3n) is 4.31. The maximum absolute atomic E-state index is 12.2. The second-order valence-electron chi connectivity index (χ2n) is 6.13. The molecule has 1 aromatic heterocycles. The number of anilines is 1. The smallest absolute Gasteiger partial charge is 0.261 e. The van der Waals surface area contributed by atoms with Crippen LogP contribution in [0, 0.1) is 0 Å². The van der Waals surface area contributed by atoms with Crippen molar-refractivity contribution in [2.24, 2.45) is 4.99 Å². The molecule has 0 radical (unpaired) electrons. The molecule has 26 heavy (non-hydrogen) atoms. The first kappa shape index (κ1) is 16.5. The molecule has 1 unspecified atom stereocenters. The molecule has 0 saturated heterocycles. The fraction of sp³-hybridized carbons (Fsp3) is 0.143. The van der Waals surface area contributed by atoms with Gasteiger partial charge in [0.15, 0.2) is 0 Å². The van der Waals surface area contributed by atoms with Crippen molar-refractivity contribution < 1.29 is 4.79 Å². The molecule has 2 N–H and O–H groups in total. The van der Waals surface area contributed by atoms with Gasteiger partial charge in [0, 0.05) is 23.4 Å². The number of nitrogens with one attached hydrogen (secondary N) is 2. The maximum Gasteiger partial charge on any atom is 0.261 e. The summed E-state index contributed by atoms with van der Waals surface area (Å²) in [4.78, 5) is 17.8. The quantitative estimate of drug-likeness (QED) is 0.742. The van der Waals surface area contributed by atoms with E-state index < -0.39 is 0 Å². The van der Waals surface area contributed by atoms with Crippen LogP contribution in [0.3, 0.4) is 0 Å². The van der Waals surface area contributed by atoms with Crippen LogP contribution >= 0.6 is 11.3 Å². The van der Waals surface area contributed by atoms with Crippen molar-refractivity contribution in [3.05, 3.63) is 88.1 Å². The lowest BCUT2D eigenvalue weighted by Crippen LogP contribution is -2.37. The fourth-order valence-electron chi connectivity index (χ4n) is 3.04. The van der Waals surface area contributed by atoms with Crippen LogP contribution in [0.1, 0.15) is 20.8 Å². The number of aliphatic imine (C=N–C) groups is 1. The highest BCUT2D eigenvalue weighted by Gasteiger charge is 2.20. The zero-order valence-electron chi connectivity index (χ0n) is 14.2. The number of benzodiazepines with no additional fused rings is 1. The molecule has 1 aliphatic rings. The van der Waals surface area contributed by atoms with Crippen LogP contribution in [0.2, 0.25) is 0 Å². The molecule has 4 rings (SSSR count). The Morgan fingerprint density at radius 2 is 1.88 bits per heavy atom. The number of carbonyl (C=O) groups excluding carboxylic acids is 1. The summed E-state index contributed by atoms with van der Waals surface area (Å²) < 4.78 is 0. The molecule has 5 heteroatoms. The second-order valence-corrected chi connectivity index (χ2v) is 7.08. The van der Waals surface area contributed by atoms with Crippen LogP contribution in [0.25, 0.3) is 0 Å². The first-order valence-electron chi connectivity index (χ1n) is 8.59. The Balaban J connectivity index is 1.56. The SMILES string of the molecule is O=C(NCC1CN=C(c2ccccc2)c2ccccc2N1)c1cccs1. The lowest BCUT2D eigenvalue weighted by Gasteiger charge is -2.17. The minimum atomic E-state index is -0.0356. The van der Waals surface area contributed by atoms with Gasteiger partial charge in [0.25, 0.3) is 5.91 Å². The van der Waals surface area contributed by atoms with E-state index in [9.17, 15) is 4.79 Å². The highest BCUT2D eigenvalue weighted by atomic mass is 32.1. The molecule has 3 aromatic rings. The van der Waals surface area contributed by atoms with Gasteiger partial charge < -0.3 is 10.6 Å². The van der Waals surface area contributed by atoms with Gasteiger partial charge in [0.1, 0.15) is 0 Å². The molecule has 0 saturated carbocycles. The van der Waals surface area contributed by atoms with Gasteiger partial charge in [0.2, 0.25) is 0 Å². The number of hydrogen-bond donors (Lipinski definition) is 2. The number of carbonyl (C=O) groups is 1. The molecule has 2 heterocycles. The zero-order valence-corrected chi connectivity index (χ0v) is 15.0. The topological polar surface area (TPSA) is 53.5 Å². The summed E-state index contributed by atoms with van der Waals surface area (Å²) in [6, 6.07) is 22.2. The standard InChI is InChI=1S/C21H19N3OS/c25-21(19-11-6-12-26-19)23-14-16-13-22-20(15-7-2-1-3-8-15)17-9-4-5-10-18(17)24-16/h1-12,16,24H,13-14H2,(H,23,25). The third kappa shape index (κ3) is 3.53. The number of amides is 1. The minimum absolute atomic E-state index is 0.0356. The van der Waals surface area contributed by atoms with E-state index in [0.717, 1.165) is 27.4 Å². The van der Waals surface area contributed by atoms with Crippen LogP contribution in [-0.4, -0.2) is 30.8 Å². The number of rotatable bonds is 4. The summed E-state index contributed by atoms with van der Waals surface area (Å²) in [7, 11) is 0. The summed E-state index contributed by atoms with van der Waals surface area (Å²) in [5.74, 6) is -0.0356. The Hall–Kier alpha value is -2.92. The van der Waals surface area contributed by atoms with Gasteiger partial charge in [-0.2, -0.15) is 0 Å². The van der Waals surface area contributed by atoms with E-state index >= 15 is 0 Å². The molecule has 0 aliphatic carbocycles. The Bertz CT molecular complexity index is 919. The number of hydrogen-bond acceptors (Lipinski definition) is 4. The first-order chi connectivity index (χ1) is 12.8. The van der Waals surface area contributed by atoms with Crippen molar-refractivity contribution in [3.8, 4) is 0 Å². The second kappa shape index (κ2) is 7.54. The molecule has 1 amide bonds. The molecule has 1 atom stereocenters. The summed E-state index contributed by atoms with van der Waals surface area (Å²) >= 11 is 1.45. The molecule has 0 bridgehead atoms. The molecule has 0 fully saturated rings. The first-order valence-corrected chi connectivity index (χ1v) is 9.47. The number of benzene rings is 2. The molecule has 1 aliphatic heterocycles. The monoisotopic (exact) mass is 361 g/mol. The van der Waals surface area contributed by atoms with Crippen molar-refractivity contribution >= 4 is 28.6 Å². The van der Waals surface area contributed by atoms with E-state index in [1.54, 1.807) is 0 Å². The number of nitrogens with zero attached hydrogens (tertiary/aromatic N) is 1. The number of thiophene rings is 1. The van der Waals surface area contributed by atoms with Gasteiger partial charge in [0.05, 0.1) is 23.2 Å². The lowest BCUT2D eigenvalue weighted by molar-refractivity contribution is 0.0956. The summed E-state index contributed by atoms with van der Waals surface area (Å²) in [5.41, 5.74) is 4.22. The van der Waals surface area contributed by atoms with Gasteiger partial charge >= 0.3 is 0 Å². The van der Waals surface area contributed by atoms with Crippen molar-refractivity contribution in [2.75, 3.05) is 18.4 Å². The largest absolute Gasteiger partial charge is 0.378 e. The zero-order chi connectivity index (χ0) is 17.8. The average molecular weight is 361 g/mol. The van der Waals surface area contributed by atoms with Crippen molar-refractivity contribution in [2.45, 2.75) is 6.04 Å². The summed E-state index contributed by atoms with van der Waals surface area (Å²) in [6.45, 7) is 1.13. The van der Waals surface area contributed by atoms with Crippen molar-refractivity contribution in [3.63, 3.8) is 0 Å². The van der Waals surface area contributed by atoms with Gasteiger partial charge in [-0.05, 0) is 17.5 Å². The fourth-order valence-corrected chi connectivity index (χ4v) is 3.68. The molecular formula is C21H19N3OS. The summed E-state index contributed by atoms with van der Waals surface area (Å²) in [6.07, 6.45) is 0. The van der Waals surface area contributed by atoms with Crippen LogP contribution in [0.15, 0.2) is 77.1 Å². The van der Waals surface area contributed by atoms with Crippen molar-refractivity contribution in [1.29, 1.82) is 0 Å². The number of para-hydroxylation sites is 1. The minimum Gasteiger partial charge on any atom is -0.378 e. The molecule has 2 aromatic carbocycles. The Kier molecular flexibility index (Phi) is 4.80. The Morgan fingerprint density at radius 3 is 2.69 bits per heavy atom. The van der Waals surface area contributed by atoms with Crippen molar-refractivity contribution in [1.82, 2.24) is 5.32 Å². The van der Waals surface area contributed by atoms with E-state index in [-0.39, 0.29) is 11.9 Å². The third-order valence-corrected chi connectivity index (χ3v) is 5.18. The highest BCUT2D eigenvalue weighted by Crippen LogP contribution is 2.23. The molecule has 4 nitrogen and oxygen atoms in total. The summed E-state index contributed by atoms with van der Waals surface area (Å²) in [5, 5.41) is 8.45. The predicted molar refractivity (Wildman–Crippen MR) is 107 cm³/mol. The highest BCUT2D eigenvalue weighted by molar-refractivity contribution is 7.12. The lowest BCUT2D eigenvalue weighted by atomic mass is 10.0. The van der Waals surface area contributed by atoms with E-state index in [4.69, 9.17) is 4.99 Å². The van der Waals surface area contributed by atoms with Gasteiger partial charge in [-0.1, -0.05) is 54.6 Å². The Morgan fingerprint density at radius 1 is 1.08 bits per heavy atom. The van der Waals surface area contributed by atoms with E-state index in [2.05, 4.69) is 34.9 Å². The Labute approximate surface area is 156 Å². The maximum atomic E-state index is 12.2. The van der Waals surface area contributed by atoms with Gasteiger partial charge in [-0.3, -0.25) is 9.79 Å². The van der Waals surface area contributed by atoms with Crippen LogP contribution < -0.4 is 10.6 Å². The molecule has 0 spiro atoms. The van der Waals surface area contributed by atoms with Gasteiger partial charge in [-0.15, -0.1) is 11.3 Å². The van der Waals surface area contributed by atoms with Gasteiger partial charge in [-0.25, -0.2) is 0 Å². The van der Waals surface area contributed by atoms with Crippen LogP contribution in [0.4, 0.5) is 5.69 Å². The predicted octanol–water partition coefficient (Wildman–Crippen LogP) is 3.81. The van der Waals surface area contributed by atoms with Crippen LogP contribution in [-0.2, 0) is 0 Å². The van der Waals surface area contributed by atoms with E-state index in [1.807, 2.05) is 47.8 Å².